The summed E-state index contributed by atoms with van der Waals surface area (Å²) in [5, 5.41) is 13.1. The SMILES string of the molecule is O=C(O)CN(Cc1ccccc1)C(=O)c1cnc(N2CCCC2C(=O)Nc2ccc(Cl)cc2)nc1CCc1ccccc1. The second kappa shape index (κ2) is 13.9. The Bertz CT molecular complexity index is 1570. The van der Waals surface area contributed by atoms with Crippen LogP contribution in [-0.2, 0) is 29.0 Å². The van der Waals surface area contributed by atoms with E-state index in [0.29, 0.717) is 48.2 Å². The van der Waals surface area contributed by atoms with Gasteiger partial charge in [-0.05, 0) is 61.1 Å². The average Bonchev–Trinajstić information content (AvgIpc) is 3.52. The minimum atomic E-state index is -1.11. The molecule has 0 aliphatic carbocycles. The third-order valence-corrected chi connectivity index (χ3v) is 7.58. The molecule has 1 saturated heterocycles. The maximum absolute atomic E-state index is 13.8. The van der Waals surface area contributed by atoms with Gasteiger partial charge in [-0.3, -0.25) is 14.4 Å². The quantitative estimate of drug-likeness (QED) is 0.243. The van der Waals surface area contributed by atoms with Crippen molar-refractivity contribution in [1.82, 2.24) is 14.9 Å². The molecule has 5 rings (SSSR count). The molecule has 43 heavy (non-hydrogen) atoms. The highest BCUT2D eigenvalue weighted by Gasteiger charge is 2.33. The van der Waals surface area contributed by atoms with Gasteiger partial charge in [0.2, 0.25) is 11.9 Å². The van der Waals surface area contributed by atoms with Crippen molar-refractivity contribution in [3.8, 4) is 0 Å². The van der Waals surface area contributed by atoms with Crippen LogP contribution in [-0.4, -0.2) is 56.9 Å². The van der Waals surface area contributed by atoms with Crippen LogP contribution in [0.2, 0.25) is 5.02 Å². The van der Waals surface area contributed by atoms with Gasteiger partial charge in [-0.15, -0.1) is 0 Å². The zero-order valence-electron chi connectivity index (χ0n) is 23.5. The molecule has 0 bridgehead atoms. The molecule has 3 aromatic carbocycles. The summed E-state index contributed by atoms with van der Waals surface area (Å²) in [4.78, 5) is 51.4. The Hall–Kier alpha value is -4.76. The van der Waals surface area contributed by atoms with E-state index in [2.05, 4.69) is 10.3 Å². The third-order valence-electron chi connectivity index (χ3n) is 7.33. The number of carboxylic acid groups (broad SMARTS) is 1. The number of aromatic nitrogens is 2. The summed E-state index contributed by atoms with van der Waals surface area (Å²) < 4.78 is 0. The molecular weight excluding hydrogens is 566 g/mol. The number of anilines is 2. The molecule has 2 heterocycles. The number of benzene rings is 3. The summed E-state index contributed by atoms with van der Waals surface area (Å²) in [7, 11) is 0. The first-order valence-electron chi connectivity index (χ1n) is 14.2. The highest BCUT2D eigenvalue weighted by molar-refractivity contribution is 6.30. The Kier molecular flexibility index (Phi) is 9.63. The lowest BCUT2D eigenvalue weighted by Crippen LogP contribution is -2.41. The molecule has 1 fully saturated rings. The highest BCUT2D eigenvalue weighted by Crippen LogP contribution is 2.26. The van der Waals surface area contributed by atoms with E-state index < -0.39 is 24.5 Å². The van der Waals surface area contributed by atoms with Crippen molar-refractivity contribution < 1.29 is 19.5 Å². The van der Waals surface area contributed by atoms with Crippen LogP contribution in [0.5, 0.6) is 0 Å². The molecular formula is C33H32ClN5O4. The number of halogens is 1. The fourth-order valence-corrected chi connectivity index (χ4v) is 5.32. The fraction of sp³-hybridized carbons (Fsp3) is 0.242. The molecule has 9 nitrogen and oxygen atoms in total. The molecule has 10 heteroatoms. The monoisotopic (exact) mass is 597 g/mol. The van der Waals surface area contributed by atoms with Gasteiger partial charge in [0.15, 0.2) is 0 Å². The molecule has 2 amide bonds. The van der Waals surface area contributed by atoms with Crippen molar-refractivity contribution in [2.45, 2.75) is 38.3 Å². The molecule has 2 N–H and O–H groups in total. The Morgan fingerprint density at radius 1 is 0.930 bits per heavy atom. The second-order valence-electron chi connectivity index (χ2n) is 10.4. The van der Waals surface area contributed by atoms with Crippen LogP contribution < -0.4 is 10.2 Å². The Labute approximate surface area is 255 Å². The number of hydrogen-bond donors (Lipinski definition) is 2. The summed E-state index contributed by atoms with van der Waals surface area (Å²) >= 11 is 5.98. The predicted octanol–water partition coefficient (Wildman–Crippen LogP) is 5.25. The Balaban J connectivity index is 1.43. The van der Waals surface area contributed by atoms with Crippen LogP contribution >= 0.6 is 11.6 Å². The molecule has 4 aromatic rings. The van der Waals surface area contributed by atoms with E-state index in [1.54, 1.807) is 24.3 Å². The first-order chi connectivity index (χ1) is 20.9. The summed E-state index contributed by atoms with van der Waals surface area (Å²) in [5.41, 5.74) is 3.29. The largest absolute Gasteiger partial charge is 0.480 e. The van der Waals surface area contributed by atoms with Crippen molar-refractivity contribution in [1.29, 1.82) is 0 Å². The number of aryl methyl sites for hydroxylation is 2. The van der Waals surface area contributed by atoms with Crippen LogP contribution in [0.4, 0.5) is 11.6 Å². The van der Waals surface area contributed by atoms with Gasteiger partial charge in [-0.25, -0.2) is 9.97 Å². The van der Waals surface area contributed by atoms with E-state index in [-0.39, 0.29) is 18.0 Å². The lowest BCUT2D eigenvalue weighted by molar-refractivity contribution is -0.137. The van der Waals surface area contributed by atoms with Gasteiger partial charge >= 0.3 is 5.97 Å². The van der Waals surface area contributed by atoms with Gasteiger partial charge in [0.25, 0.3) is 5.91 Å². The standard InChI is InChI=1S/C33H32ClN5O4/c34-25-14-16-26(17-15-25)36-31(42)29-12-7-19-39(29)33-35-20-27(28(37-33)18-13-23-8-3-1-4-9-23)32(43)38(22-30(40)41)21-24-10-5-2-6-11-24/h1-6,8-11,14-17,20,29H,7,12-13,18-19,21-22H2,(H,36,42)(H,40,41). The van der Waals surface area contributed by atoms with Crippen LogP contribution in [0.3, 0.4) is 0 Å². The second-order valence-corrected chi connectivity index (χ2v) is 10.8. The first kappa shape index (κ1) is 29.7. The average molecular weight is 598 g/mol. The van der Waals surface area contributed by atoms with E-state index >= 15 is 0 Å². The molecule has 1 unspecified atom stereocenters. The number of hydrogen-bond acceptors (Lipinski definition) is 6. The molecule has 0 radical (unpaired) electrons. The Morgan fingerprint density at radius 3 is 2.28 bits per heavy atom. The topological polar surface area (TPSA) is 116 Å². The molecule has 0 spiro atoms. The molecule has 1 aromatic heterocycles. The van der Waals surface area contributed by atoms with E-state index in [0.717, 1.165) is 17.5 Å². The number of rotatable bonds is 11. The molecule has 0 saturated carbocycles. The predicted molar refractivity (Wildman–Crippen MR) is 165 cm³/mol. The number of carboxylic acids is 1. The highest BCUT2D eigenvalue weighted by atomic mass is 35.5. The normalized spacial score (nSPS) is 14.3. The number of carbonyl (C=O) groups excluding carboxylic acids is 2. The maximum Gasteiger partial charge on any atom is 0.323 e. The third kappa shape index (κ3) is 7.75. The fourth-order valence-electron chi connectivity index (χ4n) is 5.20. The minimum absolute atomic E-state index is 0.130. The van der Waals surface area contributed by atoms with Crippen molar-refractivity contribution in [2.75, 3.05) is 23.3 Å². The van der Waals surface area contributed by atoms with Gasteiger partial charge in [0.1, 0.15) is 12.6 Å². The van der Waals surface area contributed by atoms with Crippen molar-refractivity contribution in [2.24, 2.45) is 0 Å². The summed E-state index contributed by atoms with van der Waals surface area (Å²) in [6.45, 7) is 0.251. The summed E-state index contributed by atoms with van der Waals surface area (Å²) in [6, 6.07) is 25.6. The van der Waals surface area contributed by atoms with Gasteiger partial charge in [0.05, 0.1) is 11.3 Å². The van der Waals surface area contributed by atoms with Crippen molar-refractivity contribution >= 4 is 41.0 Å². The van der Waals surface area contributed by atoms with Gasteiger partial charge < -0.3 is 20.2 Å². The number of nitrogens with one attached hydrogen (secondary N) is 1. The van der Waals surface area contributed by atoms with Crippen LogP contribution in [0, 0.1) is 0 Å². The molecule has 1 aliphatic heterocycles. The van der Waals surface area contributed by atoms with Crippen LogP contribution in [0.1, 0.15) is 40.0 Å². The van der Waals surface area contributed by atoms with Crippen LogP contribution in [0.15, 0.2) is 91.1 Å². The number of amides is 2. The van der Waals surface area contributed by atoms with Crippen molar-refractivity contribution in [3.05, 3.63) is 119 Å². The minimum Gasteiger partial charge on any atom is -0.480 e. The van der Waals surface area contributed by atoms with Crippen molar-refractivity contribution in [3.63, 3.8) is 0 Å². The zero-order valence-corrected chi connectivity index (χ0v) is 24.3. The number of carbonyl (C=O) groups is 3. The molecule has 1 aliphatic rings. The number of aliphatic carboxylic acids is 1. The zero-order chi connectivity index (χ0) is 30.2. The smallest absolute Gasteiger partial charge is 0.323 e. The lowest BCUT2D eigenvalue weighted by atomic mass is 10.0. The molecule has 1 atom stereocenters. The summed E-state index contributed by atoms with van der Waals surface area (Å²) in [5.74, 6) is -1.38. The molecule has 220 valence electrons. The van der Waals surface area contributed by atoms with Gasteiger partial charge in [-0.2, -0.15) is 0 Å². The van der Waals surface area contributed by atoms with E-state index in [9.17, 15) is 19.5 Å². The Morgan fingerprint density at radius 2 is 1.60 bits per heavy atom. The maximum atomic E-state index is 13.8. The first-order valence-corrected chi connectivity index (χ1v) is 14.5. The lowest BCUT2D eigenvalue weighted by Gasteiger charge is -2.26. The van der Waals surface area contributed by atoms with Gasteiger partial charge in [0, 0.05) is 30.0 Å². The summed E-state index contributed by atoms with van der Waals surface area (Å²) in [6.07, 6.45) is 3.94. The number of nitrogens with zero attached hydrogens (tertiary/aromatic N) is 4. The van der Waals surface area contributed by atoms with Crippen LogP contribution in [0.25, 0.3) is 0 Å². The van der Waals surface area contributed by atoms with Gasteiger partial charge in [-0.1, -0.05) is 72.3 Å². The van der Waals surface area contributed by atoms with E-state index in [1.807, 2.05) is 65.6 Å². The van der Waals surface area contributed by atoms with E-state index in [4.69, 9.17) is 16.6 Å². The van der Waals surface area contributed by atoms with E-state index in [1.165, 1.54) is 11.1 Å².